The third-order valence-electron chi connectivity index (χ3n) is 2.65. The number of rotatable bonds is 1. The van der Waals surface area contributed by atoms with Gasteiger partial charge in [0.05, 0.1) is 3.57 Å². The van der Waals surface area contributed by atoms with Crippen LogP contribution in [0.25, 0.3) is 0 Å². The molecule has 0 aromatic heterocycles. The average molecular weight is 445 g/mol. The first-order chi connectivity index (χ1) is 7.50. The first-order valence-electron chi connectivity index (χ1n) is 4.65. The van der Waals surface area contributed by atoms with E-state index in [2.05, 4.69) is 50.5 Å². The molecule has 16 heavy (non-hydrogen) atoms. The van der Waals surface area contributed by atoms with Gasteiger partial charge < -0.3 is 10.2 Å². The Morgan fingerprint density at radius 1 is 1.38 bits per heavy atom. The molecule has 1 aliphatic heterocycles. The van der Waals surface area contributed by atoms with Crippen LogP contribution in [0.5, 0.6) is 5.75 Å². The van der Waals surface area contributed by atoms with Crippen molar-refractivity contribution in [2.45, 2.75) is 19.0 Å². The number of carboxylic acid groups (broad SMARTS) is 1. The smallest absolute Gasteiger partial charge is 0.321 e. The van der Waals surface area contributed by atoms with Crippen molar-refractivity contribution in [3.63, 3.8) is 0 Å². The van der Waals surface area contributed by atoms with E-state index >= 15 is 0 Å². The van der Waals surface area contributed by atoms with E-state index in [4.69, 9.17) is 5.11 Å². The molecule has 4 nitrogen and oxygen atoms in total. The van der Waals surface area contributed by atoms with Crippen molar-refractivity contribution < 1.29 is 15.0 Å². The van der Waals surface area contributed by atoms with E-state index in [9.17, 15) is 9.90 Å². The molecule has 6 heteroatoms. The van der Waals surface area contributed by atoms with Gasteiger partial charge in [0.15, 0.2) is 0 Å². The minimum absolute atomic E-state index is 0.226. The van der Waals surface area contributed by atoms with Gasteiger partial charge >= 0.3 is 5.97 Å². The Morgan fingerprint density at radius 3 is 2.69 bits per heavy atom. The number of hydrogen-bond donors (Lipinski definition) is 3. The molecule has 0 saturated heterocycles. The van der Waals surface area contributed by atoms with Crippen LogP contribution in [0, 0.1) is 7.14 Å². The third-order valence-corrected chi connectivity index (χ3v) is 4.43. The molecule has 0 saturated carbocycles. The summed E-state index contributed by atoms with van der Waals surface area (Å²) in [6, 6.07) is 1.30. The van der Waals surface area contributed by atoms with Gasteiger partial charge in [-0.05, 0) is 56.8 Å². The third kappa shape index (κ3) is 2.14. The van der Waals surface area contributed by atoms with E-state index < -0.39 is 12.0 Å². The van der Waals surface area contributed by atoms with Crippen molar-refractivity contribution >= 4 is 51.2 Å². The van der Waals surface area contributed by atoms with Gasteiger partial charge in [-0.25, -0.2) is 0 Å². The van der Waals surface area contributed by atoms with E-state index in [1.807, 2.05) is 6.07 Å². The molecule has 1 aromatic carbocycles. The van der Waals surface area contributed by atoms with Crippen molar-refractivity contribution in [3.05, 3.63) is 24.3 Å². The number of phenols is 1. The van der Waals surface area contributed by atoms with Crippen molar-refractivity contribution in [2.24, 2.45) is 0 Å². The molecule has 0 aliphatic carbocycles. The number of benzene rings is 1. The Balaban J connectivity index is 2.48. The fourth-order valence-corrected chi connectivity index (χ4v) is 3.85. The lowest BCUT2D eigenvalue weighted by Crippen LogP contribution is -2.42. The highest BCUT2D eigenvalue weighted by Crippen LogP contribution is 2.34. The minimum Gasteiger partial charge on any atom is -0.507 e. The Kier molecular flexibility index (Phi) is 3.59. The summed E-state index contributed by atoms with van der Waals surface area (Å²) in [7, 11) is 0. The number of carbonyl (C=O) groups is 1. The fraction of sp³-hybridized carbons (Fsp3) is 0.300. The molecule has 0 bridgehead atoms. The highest BCUT2D eigenvalue weighted by atomic mass is 127. The largest absolute Gasteiger partial charge is 0.507 e. The maximum Gasteiger partial charge on any atom is 0.321 e. The number of carboxylic acids is 1. The lowest BCUT2D eigenvalue weighted by molar-refractivity contribution is -0.139. The van der Waals surface area contributed by atoms with Gasteiger partial charge in [0.1, 0.15) is 11.8 Å². The molecule has 1 aliphatic rings. The van der Waals surface area contributed by atoms with E-state index in [0.717, 1.165) is 18.3 Å². The van der Waals surface area contributed by atoms with Crippen LogP contribution in [0.2, 0.25) is 0 Å². The number of aromatic hydroxyl groups is 1. The topological polar surface area (TPSA) is 69.6 Å². The van der Waals surface area contributed by atoms with E-state index in [1.165, 1.54) is 0 Å². The molecular weight excluding hydrogens is 436 g/mol. The normalized spacial score (nSPS) is 19.2. The number of hydrogen-bond acceptors (Lipinski definition) is 3. The standard InChI is InChI=1S/C10H9I2NO3/c11-6-2-7(12)9(14)4-1-8(10(15)16)13-3-5(4)6/h2,8,13-14H,1,3H2,(H,15,16). The maximum absolute atomic E-state index is 10.9. The van der Waals surface area contributed by atoms with Gasteiger partial charge in [-0.2, -0.15) is 0 Å². The summed E-state index contributed by atoms with van der Waals surface area (Å²) in [5, 5.41) is 21.8. The number of aliphatic carboxylic acids is 1. The zero-order chi connectivity index (χ0) is 11.9. The molecule has 2 rings (SSSR count). The molecule has 1 unspecified atom stereocenters. The van der Waals surface area contributed by atoms with Crippen LogP contribution in [0.3, 0.4) is 0 Å². The van der Waals surface area contributed by atoms with E-state index in [0.29, 0.717) is 13.0 Å². The minimum atomic E-state index is -0.876. The van der Waals surface area contributed by atoms with E-state index in [-0.39, 0.29) is 5.75 Å². The maximum atomic E-state index is 10.9. The molecular formula is C10H9I2NO3. The Bertz CT molecular complexity index is 462. The molecule has 3 N–H and O–H groups in total. The molecule has 0 radical (unpaired) electrons. The van der Waals surface area contributed by atoms with Crippen molar-refractivity contribution in [2.75, 3.05) is 0 Å². The van der Waals surface area contributed by atoms with Crippen LogP contribution in [-0.4, -0.2) is 22.2 Å². The molecule has 86 valence electrons. The van der Waals surface area contributed by atoms with Gasteiger partial charge in [0.25, 0.3) is 0 Å². The SMILES string of the molecule is O=C(O)C1Cc2c(O)c(I)cc(I)c2CN1. The van der Waals surface area contributed by atoms with Crippen LogP contribution in [-0.2, 0) is 17.8 Å². The lowest BCUT2D eigenvalue weighted by atomic mass is 9.95. The molecule has 1 heterocycles. The number of phenolic OH excluding ortho intramolecular Hbond substituents is 1. The van der Waals surface area contributed by atoms with Crippen LogP contribution in [0.15, 0.2) is 6.07 Å². The zero-order valence-electron chi connectivity index (χ0n) is 8.13. The summed E-state index contributed by atoms with van der Waals surface area (Å²) in [6.07, 6.45) is 0.337. The van der Waals surface area contributed by atoms with Crippen molar-refractivity contribution in [1.82, 2.24) is 5.32 Å². The number of fused-ring (bicyclic) bond motifs is 1. The molecule has 0 amide bonds. The monoisotopic (exact) mass is 445 g/mol. The Hall–Kier alpha value is -0.0900. The average Bonchev–Trinajstić information content (AvgIpc) is 2.25. The van der Waals surface area contributed by atoms with Gasteiger partial charge in [0.2, 0.25) is 0 Å². The van der Waals surface area contributed by atoms with Crippen LogP contribution < -0.4 is 5.32 Å². The first-order valence-corrected chi connectivity index (χ1v) is 6.81. The second-order valence-electron chi connectivity index (χ2n) is 3.62. The van der Waals surface area contributed by atoms with Crippen LogP contribution >= 0.6 is 45.2 Å². The predicted octanol–water partition coefficient (Wildman–Crippen LogP) is 1.70. The van der Waals surface area contributed by atoms with E-state index in [1.54, 1.807) is 0 Å². The molecule has 0 spiro atoms. The number of halogens is 2. The highest BCUT2D eigenvalue weighted by Gasteiger charge is 2.27. The fourth-order valence-electron chi connectivity index (χ4n) is 1.79. The highest BCUT2D eigenvalue weighted by molar-refractivity contribution is 14.1. The van der Waals surface area contributed by atoms with Crippen LogP contribution in [0.1, 0.15) is 11.1 Å². The summed E-state index contributed by atoms with van der Waals surface area (Å²) >= 11 is 4.26. The Morgan fingerprint density at radius 2 is 2.06 bits per heavy atom. The quantitative estimate of drug-likeness (QED) is 0.577. The summed E-state index contributed by atoms with van der Waals surface area (Å²) in [4.78, 5) is 10.9. The summed E-state index contributed by atoms with van der Waals surface area (Å²) in [5.74, 6) is -0.650. The molecule has 1 atom stereocenters. The zero-order valence-corrected chi connectivity index (χ0v) is 12.4. The summed E-state index contributed by atoms with van der Waals surface area (Å²) < 4.78 is 1.83. The summed E-state index contributed by atoms with van der Waals surface area (Å²) in [6.45, 7) is 0.495. The van der Waals surface area contributed by atoms with Crippen molar-refractivity contribution in [3.8, 4) is 5.75 Å². The number of nitrogens with one attached hydrogen (secondary N) is 1. The van der Waals surface area contributed by atoms with Gasteiger partial charge in [-0.3, -0.25) is 10.1 Å². The lowest BCUT2D eigenvalue weighted by Gasteiger charge is -2.25. The molecule has 0 fully saturated rings. The predicted molar refractivity (Wildman–Crippen MR) is 75.5 cm³/mol. The second kappa shape index (κ2) is 4.65. The van der Waals surface area contributed by atoms with Crippen molar-refractivity contribution in [1.29, 1.82) is 0 Å². The second-order valence-corrected chi connectivity index (χ2v) is 5.95. The Labute approximate surface area is 120 Å². The van der Waals surface area contributed by atoms with Gasteiger partial charge in [-0.1, -0.05) is 0 Å². The summed E-state index contributed by atoms with van der Waals surface area (Å²) in [5.41, 5.74) is 1.78. The van der Waals surface area contributed by atoms with Crippen LogP contribution in [0.4, 0.5) is 0 Å². The van der Waals surface area contributed by atoms with Gasteiger partial charge in [0, 0.05) is 22.1 Å². The first kappa shape index (κ1) is 12.4. The van der Waals surface area contributed by atoms with Gasteiger partial charge in [-0.15, -0.1) is 0 Å². The molecule has 1 aromatic rings.